The zero-order valence-corrected chi connectivity index (χ0v) is 9.10. The minimum Gasteiger partial charge on any atom is -0.335 e. The molecule has 2 N–H and O–H groups in total. The van der Waals surface area contributed by atoms with Gasteiger partial charge in [0.1, 0.15) is 5.82 Å². The van der Waals surface area contributed by atoms with Crippen LogP contribution in [0.15, 0.2) is 36.7 Å². The molecule has 3 nitrogen and oxygen atoms in total. The van der Waals surface area contributed by atoms with Crippen LogP contribution in [0.2, 0.25) is 0 Å². The first-order chi connectivity index (χ1) is 7.72. The number of hydrogen-bond acceptors (Lipinski definition) is 2. The maximum absolute atomic E-state index is 14.2. The topological polar surface area (TPSA) is 43.8 Å². The molecule has 4 heteroatoms. The summed E-state index contributed by atoms with van der Waals surface area (Å²) in [6, 6.07) is 7.22. The van der Waals surface area contributed by atoms with E-state index in [0.29, 0.717) is 17.9 Å². The van der Waals surface area contributed by atoms with Crippen molar-refractivity contribution >= 4 is 0 Å². The highest BCUT2D eigenvalue weighted by Crippen LogP contribution is 2.24. The Labute approximate surface area is 93.7 Å². The highest BCUT2D eigenvalue weighted by molar-refractivity contribution is 5.28. The zero-order valence-electron chi connectivity index (χ0n) is 9.10. The normalized spacial score (nSPS) is 12.7. The van der Waals surface area contributed by atoms with Crippen LogP contribution in [0.3, 0.4) is 0 Å². The van der Waals surface area contributed by atoms with Gasteiger partial charge < -0.3 is 10.3 Å². The highest BCUT2D eigenvalue weighted by Gasteiger charge is 2.16. The summed E-state index contributed by atoms with van der Waals surface area (Å²) in [5.41, 5.74) is 7.04. The summed E-state index contributed by atoms with van der Waals surface area (Å²) in [5.74, 6) is 0.411. The SMILES string of the molecule is Cn1ccnc1C(F)c1cccc(CN)c1. The largest absolute Gasteiger partial charge is 0.335 e. The number of hydrogen-bond donors (Lipinski definition) is 1. The fourth-order valence-electron chi connectivity index (χ4n) is 1.65. The molecule has 1 heterocycles. The maximum Gasteiger partial charge on any atom is 0.183 e. The molecular formula is C12H14FN3. The Bertz CT molecular complexity index is 479. The lowest BCUT2D eigenvalue weighted by Crippen LogP contribution is -2.04. The molecule has 0 saturated heterocycles. The lowest BCUT2D eigenvalue weighted by molar-refractivity contribution is 0.375. The Morgan fingerprint density at radius 1 is 1.50 bits per heavy atom. The van der Waals surface area contributed by atoms with Gasteiger partial charge in [-0.2, -0.15) is 0 Å². The molecule has 0 bridgehead atoms. The van der Waals surface area contributed by atoms with E-state index >= 15 is 0 Å². The van der Waals surface area contributed by atoms with Gasteiger partial charge in [0.2, 0.25) is 0 Å². The number of nitrogens with zero attached hydrogens (tertiary/aromatic N) is 2. The summed E-state index contributed by atoms with van der Waals surface area (Å²) in [6.07, 6.45) is 2.12. The first-order valence-corrected chi connectivity index (χ1v) is 5.12. The second-order valence-corrected chi connectivity index (χ2v) is 3.71. The quantitative estimate of drug-likeness (QED) is 0.857. The second-order valence-electron chi connectivity index (χ2n) is 3.71. The number of rotatable bonds is 3. The van der Waals surface area contributed by atoms with Crippen LogP contribution >= 0.6 is 0 Å². The van der Waals surface area contributed by atoms with Gasteiger partial charge in [0, 0.05) is 26.0 Å². The molecule has 1 aromatic heterocycles. The molecule has 1 atom stereocenters. The summed E-state index contributed by atoms with van der Waals surface area (Å²) < 4.78 is 15.8. The van der Waals surface area contributed by atoms with Crippen LogP contribution in [0, 0.1) is 0 Å². The van der Waals surface area contributed by atoms with Crippen molar-refractivity contribution in [2.45, 2.75) is 12.7 Å². The van der Waals surface area contributed by atoms with Crippen LogP contribution < -0.4 is 5.73 Å². The maximum atomic E-state index is 14.2. The predicted octanol–water partition coefficient (Wildman–Crippen LogP) is 1.94. The standard InChI is InChI=1S/C12H14FN3/c1-16-6-5-15-12(16)11(13)10-4-2-3-9(7-10)8-14/h2-7,11H,8,14H2,1H3. The van der Waals surface area contributed by atoms with E-state index in [-0.39, 0.29) is 0 Å². The molecule has 0 fully saturated rings. The van der Waals surface area contributed by atoms with E-state index < -0.39 is 6.17 Å². The predicted molar refractivity (Wildman–Crippen MR) is 60.5 cm³/mol. The van der Waals surface area contributed by atoms with Crippen molar-refractivity contribution in [3.63, 3.8) is 0 Å². The zero-order chi connectivity index (χ0) is 11.5. The molecule has 0 aliphatic carbocycles. The van der Waals surface area contributed by atoms with Gasteiger partial charge in [0.05, 0.1) is 0 Å². The number of benzene rings is 1. The molecule has 2 aromatic rings. The van der Waals surface area contributed by atoms with E-state index in [2.05, 4.69) is 4.98 Å². The van der Waals surface area contributed by atoms with E-state index in [0.717, 1.165) is 5.56 Å². The molecule has 1 unspecified atom stereocenters. The Balaban J connectivity index is 2.33. The van der Waals surface area contributed by atoms with Gasteiger partial charge in [-0.1, -0.05) is 24.3 Å². The van der Waals surface area contributed by atoms with Crippen LogP contribution in [-0.4, -0.2) is 9.55 Å². The van der Waals surface area contributed by atoms with Gasteiger partial charge in [0.15, 0.2) is 6.17 Å². The number of alkyl halides is 1. The molecule has 0 amide bonds. The number of imidazole rings is 1. The van der Waals surface area contributed by atoms with E-state index in [4.69, 9.17) is 5.73 Å². The third-order valence-electron chi connectivity index (χ3n) is 2.56. The fraction of sp³-hybridized carbons (Fsp3) is 0.250. The smallest absolute Gasteiger partial charge is 0.183 e. The molecule has 0 saturated carbocycles. The first kappa shape index (κ1) is 10.8. The van der Waals surface area contributed by atoms with Crippen molar-refractivity contribution in [2.24, 2.45) is 12.8 Å². The summed E-state index contributed by atoms with van der Waals surface area (Å²) in [6.45, 7) is 0.418. The summed E-state index contributed by atoms with van der Waals surface area (Å²) in [4.78, 5) is 4.00. The van der Waals surface area contributed by atoms with Gasteiger partial charge >= 0.3 is 0 Å². The Morgan fingerprint density at radius 2 is 2.31 bits per heavy atom. The average Bonchev–Trinajstić information content (AvgIpc) is 2.74. The van der Waals surface area contributed by atoms with Gasteiger partial charge in [-0.25, -0.2) is 9.37 Å². The van der Waals surface area contributed by atoms with Gasteiger partial charge in [-0.15, -0.1) is 0 Å². The van der Waals surface area contributed by atoms with Crippen molar-refractivity contribution in [3.8, 4) is 0 Å². The van der Waals surface area contributed by atoms with E-state index in [1.165, 1.54) is 0 Å². The van der Waals surface area contributed by atoms with Gasteiger partial charge in [-0.05, 0) is 11.1 Å². The average molecular weight is 219 g/mol. The Hall–Kier alpha value is -1.68. The highest BCUT2D eigenvalue weighted by atomic mass is 19.1. The number of aromatic nitrogens is 2. The summed E-state index contributed by atoms with van der Waals surface area (Å²) >= 11 is 0. The van der Waals surface area contributed by atoms with Crippen LogP contribution in [0.4, 0.5) is 4.39 Å². The number of nitrogens with two attached hydrogens (primary N) is 1. The Kier molecular flexibility index (Phi) is 3.01. The van der Waals surface area contributed by atoms with Crippen molar-refractivity contribution in [1.82, 2.24) is 9.55 Å². The number of halogens is 1. The Morgan fingerprint density at radius 3 is 2.94 bits per heavy atom. The minimum atomic E-state index is -1.20. The fourth-order valence-corrected chi connectivity index (χ4v) is 1.65. The molecular weight excluding hydrogens is 205 g/mol. The lowest BCUT2D eigenvalue weighted by atomic mass is 10.1. The van der Waals surface area contributed by atoms with Crippen molar-refractivity contribution < 1.29 is 4.39 Å². The van der Waals surface area contributed by atoms with Crippen LogP contribution in [0.5, 0.6) is 0 Å². The molecule has 84 valence electrons. The van der Waals surface area contributed by atoms with Crippen LogP contribution in [0.25, 0.3) is 0 Å². The van der Waals surface area contributed by atoms with Crippen LogP contribution in [-0.2, 0) is 13.6 Å². The molecule has 16 heavy (non-hydrogen) atoms. The van der Waals surface area contributed by atoms with Gasteiger partial charge in [-0.3, -0.25) is 0 Å². The molecule has 0 radical (unpaired) electrons. The number of aryl methyl sites for hydroxylation is 1. The van der Waals surface area contributed by atoms with Crippen LogP contribution in [0.1, 0.15) is 23.1 Å². The second kappa shape index (κ2) is 4.45. The molecule has 0 aliphatic heterocycles. The minimum absolute atomic E-state index is 0.411. The lowest BCUT2D eigenvalue weighted by Gasteiger charge is -2.09. The molecule has 0 aliphatic rings. The van der Waals surface area contributed by atoms with Crippen molar-refractivity contribution in [2.75, 3.05) is 0 Å². The molecule has 1 aromatic carbocycles. The monoisotopic (exact) mass is 219 g/mol. The third kappa shape index (κ3) is 1.97. The van der Waals surface area contributed by atoms with E-state index in [1.807, 2.05) is 12.1 Å². The molecule has 2 rings (SSSR count). The third-order valence-corrected chi connectivity index (χ3v) is 2.56. The summed E-state index contributed by atoms with van der Waals surface area (Å²) in [5, 5.41) is 0. The van der Waals surface area contributed by atoms with E-state index in [9.17, 15) is 4.39 Å². The van der Waals surface area contributed by atoms with Crippen molar-refractivity contribution in [1.29, 1.82) is 0 Å². The molecule has 0 spiro atoms. The van der Waals surface area contributed by atoms with Gasteiger partial charge in [0.25, 0.3) is 0 Å². The first-order valence-electron chi connectivity index (χ1n) is 5.12. The summed E-state index contributed by atoms with van der Waals surface area (Å²) in [7, 11) is 1.78. The van der Waals surface area contributed by atoms with E-state index in [1.54, 1.807) is 36.1 Å². The van der Waals surface area contributed by atoms with Crippen molar-refractivity contribution in [3.05, 3.63) is 53.6 Å².